The van der Waals surface area contributed by atoms with E-state index in [1.807, 2.05) is 25.8 Å². The number of carbonyl (C=O) groups is 1. The molecule has 0 aromatic heterocycles. The molecule has 1 aliphatic heterocycles. The van der Waals surface area contributed by atoms with Crippen LogP contribution in [0.5, 0.6) is 0 Å². The fraction of sp³-hybridized carbons (Fsp3) is 0.909. The third-order valence-electron chi connectivity index (χ3n) is 2.81. The van der Waals surface area contributed by atoms with Gasteiger partial charge >= 0.3 is 6.03 Å². The molecule has 1 rings (SSSR count). The third-order valence-corrected chi connectivity index (χ3v) is 2.81. The second-order valence-electron chi connectivity index (χ2n) is 4.59. The smallest absolute Gasteiger partial charge is 0.317 e. The van der Waals surface area contributed by atoms with Gasteiger partial charge in [-0.1, -0.05) is 0 Å². The third kappa shape index (κ3) is 5.03. The monoisotopic (exact) mass is 249 g/mol. The number of carbonyl (C=O) groups excluding carboxylic acids is 1. The molecule has 0 radical (unpaired) electrons. The molecule has 0 spiro atoms. The van der Waals surface area contributed by atoms with Crippen LogP contribution < -0.4 is 10.6 Å². The molecule has 0 bridgehead atoms. The van der Waals surface area contributed by atoms with Gasteiger partial charge in [-0.05, 0) is 46.2 Å². The molecule has 0 aliphatic carbocycles. The van der Waals surface area contributed by atoms with Crippen molar-refractivity contribution in [3.8, 4) is 0 Å². The van der Waals surface area contributed by atoms with Crippen molar-refractivity contribution in [1.29, 1.82) is 0 Å². The van der Waals surface area contributed by atoms with Crippen LogP contribution in [0.3, 0.4) is 0 Å². The first kappa shape index (κ1) is 15.5. The zero-order valence-electron chi connectivity index (χ0n) is 10.5. The average Bonchev–Trinajstić information content (AvgIpc) is 2.18. The summed E-state index contributed by atoms with van der Waals surface area (Å²) in [5.41, 5.74) is 0. The van der Waals surface area contributed by atoms with Gasteiger partial charge in [0.15, 0.2) is 0 Å². The van der Waals surface area contributed by atoms with E-state index in [0.29, 0.717) is 0 Å². The van der Waals surface area contributed by atoms with Gasteiger partial charge in [0, 0.05) is 19.1 Å². The number of piperidine rings is 1. The number of amides is 2. The normalized spacial score (nSPS) is 17.1. The molecule has 96 valence electrons. The van der Waals surface area contributed by atoms with Crippen LogP contribution in [0.25, 0.3) is 0 Å². The van der Waals surface area contributed by atoms with Crippen LogP contribution in [0.4, 0.5) is 4.79 Å². The van der Waals surface area contributed by atoms with Gasteiger partial charge < -0.3 is 15.5 Å². The zero-order chi connectivity index (χ0) is 11.3. The van der Waals surface area contributed by atoms with E-state index < -0.39 is 0 Å². The number of nitrogens with zero attached hydrogens (tertiary/aromatic N) is 1. The number of hydrogen-bond acceptors (Lipinski definition) is 2. The van der Waals surface area contributed by atoms with Crippen molar-refractivity contribution in [2.75, 3.05) is 26.7 Å². The van der Waals surface area contributed by atoms with E-state index in [2.05, 4.69) is 10.6 Å². The van der Waals surface area contributed by atoms with Crippen LogP contribution in [0, 0.1) is 5.92 Å². The number of urea groups is 1. The highest BCUT2D eigenvalue weighted by molar-refractivity contribution is 5.85. The van der Waals surface area contributed by atoms with E-state index in [-0.39, 0.29) is 24.5 Å². The van der Waals surface area contributed by atoms with Crippen molar-refractivity contribution in [3.63, 3.8) is 0 Å². The number of halogens is 1. The standard InChI is InChI=1S/C11H23N3O.ClH/c1-9(2)13-11(15)14-6-4-10(5-7-14)8-12-3;/h9-10,12H,4-8H2,1-3H3,(H,13,15);1H. The van der Waals surface area contributed by atoms with Gasteiger partial charge in [-0.25, -0.2) is 4.79 Å². The summed E-state index contributed by atoms with van der Waals surface area (Å²) in [6.07, 6.45) is 2.23. The second-order valence-corrected chi connectivity index (χ2v) is 4.59. The SMILES string of the molecule is CNCC1CCN(C(=O)NC(C)C)CC1.Cl. The lowest BCUT2D eigenvalue weighted by Gasteiger charge is -2.32. The summed E-state index contributed by atoms with van der Waals surface area (Å²) in [4.78, 5) is 13.6. The lowest BCUT2D eigenvalue weighted by Crippen LogP contribution is -2.47. The highest BCUT2D eigenvalue weighted by Crippen LogP contribution is 2.16. The number of hydrogen-bond donors (Lipinski definition) is 2. The van der Waals surface area contributed by atoms with E-state index in [1.54, 1.807) is 0 Å². The highest BCUT2D eigenvalue weighted by Gasteiger charge is 2.22. The van der Waals surface area contributed by atoms with Crippen molar-refractivity contribution in [1.82, 2.24) is 15.5 Å². The molecule has 2 N–H and O–H groups in total. The Bertz CT molecular complexity index is 203. The maximum absolute atomic E-state index is 11.7. The Balaban J connectivity index is 0.00000225. The minimum Gasteiger partial charge on any atom is -0.336 e. The Labute approximate surface area is 105 Å². The molecule has 5 heteroatoms. The van der Waals surface area contributed by atoms with Crippen LogP contribution in [-0.4, -0.2) is 43.7 Å². The van der Waals surface area contributed by atoms with Crippen molar-refractivity contribution >= 4 is 18.4 Å². The second kappa shape index (κ2) is 7.74. The van der Waals surface area contributed by atoms with Gasteiger partial charge in [0.1, 0.15) is 0 Å². The Hall–Kier alpha value is -0.480. The van der Waals surface area contributed by atoms with Crippen LogP contribution in [0.1, 0.15) is 26.7 Å². The quantitative estimate of drug-likeness (QED) is 0.796. The minimum absolute atomic E-state index is 0. The molecule has 0 atom stereocenters. The number of rotatable bonds is 3. The number of nitrogens with one attached hydrogen (secondary N) is 2. The molecule has 1 fully saturated rings. The van der Waals surface area contributed by atoms with Crippen LogP contribution in [-0.2, 0) is 0 Å². The predicted octanol–water partition coefficient (Wildman–Crippen LogP) is 1.46. The summed E-state index contributed by atoms with van der Waals surface area (Å²) in [7, 11) is 1.98. The van der Waals surface area contributed by atoms with Crippen molar-refractivity contribution < 1.29 is 4.79 Å². The van der Waals surface area contributed by atoms with E-state index in [1.165, 1.54) is 0 Å². The predicted molar refractivity (Wildman–Crippen MR) is 69.1 cm³/mol. The lowest BCUT2D eigenvalue weighted by atomic mass is 9.97. The van der Waals surface area contributed by atoms with Gasteiger partial charge in [0.25, 0.3) is 0 Å². The Morgan fingerprint density at radius 2 is 1.94 bits per heavy atom. The van der Waals surface area contributed by atoms with Gasteiger partial charge in [0.2, 0.25) is 0 Å². The first-order valence-electron chi connectivity index (χ1n) is 5.83. The van der Waals surface area contributed by atoms with Crippen LogP contribution in [0.2, 0.25) is 0 Å². The van der Waals surface area contributed by atoms with E-state index >= 15 is 0 Å². The van der Waals surface area contributed by atoms with E-state index in [4.69, 9.17) is 0 Å². The topological polar surface area (TPSA) is 44.4 Å². The molecule has 1 heterocycles. The molecule has 0 unspecified atom stereocenters. The fourth-order valence-electron chi connectivity index (χ4n) is 1.97. The first-order valence-corrected chi connectivity index (χ1v) is 5.83. The summed E-state index contributed by atoms with van der Waals surface area (Å²) >= 11 is 0. The Morgan fingerprint density at radius 3 is 2.38 bits per heavy atom. The molecule has 1 saturated heterocycles. The fourth-order valence-corrected chi connectivity index (χ4v) is 1.97. The summed E-state index contributed by atoms with van der Waals surface area (Å²) in [5.74, 6) is 0.734. The maximum Gasteiger partial charge on any atom is 0.317 e. The molecule has 4 nitrogen and oxygen atoms in total. The van der Waals surface area contributed by atoms with Gasteiger partial charge in [0.05, 0.1) is 0 Å². The zero-order valence-corrected chi connectivity index (χ0v) is 11.3. The molecule has 2 amide bonds. The molecular weight excluding hydrogens is 226 g/mol. The van der Waals surface area contributed by atoms with E-state index in [9.17, 15) is 4.79 Å². The summed E-state index contributed by atoms with van der Waals surface area (Å²) in [5, 5.41) is 6.13. The summed E-state index contributed by atoms with van der Waals surface area (Å²) < 4.78 is 0. The highest BCUT2D eigenvalue weighted by atomic mass is 35.5. The minimum atomic E-state index is 0. The summed E-state index contributed by atoms with van der Waals surface area (Å²) in [6.45, 7) is 6.84. The van der Waals surface area contributed by atoms with Gasteiger partial charge in [-0.3, -0.25) is 0 Å². The average molecular weight is 250 g/mol. The summed E-state index contributed by atoms with van der Waals surface area (Å²) in [6, 6.07) is 0.320. The van der Waals surface area contributed by atoms with Crippen LogP contribution in [0.15, 0.2) is 0 Å². The largest absolute Gasteiger partial charge is 0.336 e. The maximum atomic E-state index is 11.7. The first-order chi connectivity index (χ1) is 7.13. The van der Waals surface area contributed by atoms with Gasteiger partial charge in [-0.15, -0.1) is 12.4 Å². The van der Waals surface area contributed by atoms with E-state index in [0.717, 1.165) is 38.4 Å². The van der Waals surface area contributed by atoms with Crippen LogP contribution >= 0.6 is 12.4 Å². The molecule has 1 aliphatic rings. The van der Waals surface area contributed by atoms with Gasteiger partial charge in [-0.2, -0.15) is 0 Å². The number of likely N-dealkylation sites (tertiary alicyclic amines) is 1. The van der Waals surface area contributed by atoms with Crippen molar-refractivity contribution in [2.45, 2.75) is 32.7 Å². The lowest BCUT2D eigenvalue weighted by molar-refractivity contribution is 0.168. The Kier molecular flexibility index (Phi) is 7.51. The van der Waals surface area contributed by atoms with Crippen molar-refractivity contribution in [3.05, 3.63) is 0 Å². The molecule has 0 aromatic rings. The molecule has 16 heavy (non-hydrogen) atoms. The van der Waals surface area contributed by atoms with Crippen molar-refractivity contribution in [2.24, 2.45) is 5.92 Å². The molecule has 0 saturated carbocycles. The molecule has 0 aromatic carbocycles. The Morgan fingerprint density at radius 1 is 1.38 bits per heavy atom. The molecular formula is C11H24ClN3O.